The van der Waals surface area contributed by atoms with E-state index in [1.807, 2.05) is 18.3 Å². The third-order valence-corrected chi connectivity index (χ3v) is 5.96. The largest absolute Gasteiger partial charge is 0.473 e. The van der Waals surface area contributed by atoms with Gasteiger partial charge in [0.05, 0.1) is 18.3 Å². The summed E-state index contributed by atoms with van der Waals surface area (Å²) < 4.78 is 24.6. The molecule has 1 unspecified atom stereocenters. The summed E-state index contributed by atoms with van der Waals surface area (Å²) in [7, 11) is 0. The fourth-order valence-corrected chi connectivity index (χ4v) is 4.40. The zero-order chi connectivity index (χ0) is 20.2. The average Bonchev–Trinajstić information content (AvgIpc) is 3.41. The van der Waals surface area contributed by atoms with Crippen LogP contribution in [0.25, 0.3) is 5.52 Å². The van der Waals surface area contributed by atoms with E-state index in [0.29, 0.717) is 30.7 Å². The summed E-state index contributed by atoms with van der Waals surface area (Å²) >= 11 is 0. The lowest BCUT2D eigenvalue weighted by atomic mass is 9.89. The number of fused-ring (bicyclic) bond motifs is 2. The Morgan fingerprint density at radius 3 is 3.00 bits per heavy atom. The molecule has 30 heavy (non-hydrogen) atoms. The van der Waals surface area contributed by atoms with Gasteiger partial charge in [-0.05, 0) is 30.2 Å². The van der Waals surface area contributed by atoms with Gasteiger partial charge in [-0.15, -0.1) is 0 Å². The number of rotatable bonds is 4. The highest BCUT2D eigenvalue weighted by Crippen LogP contribution is 2.36. The number of aryl methyl sites for hydroxylation is 1. The van der Waals surface area contributed by atoms with Crippen molar-refractivity contribution < 1.29 is 9.13 Å². The van der Waals surface area contributed by atoms with E-state index in [1.54, 1.807) is 20.0 Å². The summed E-state index contributed by atoms with van der Waals surface area (Å²) in [6.07, 6.45) is 8.82. The van der Waals surface area contributed by atoms with Gasteiger partial charge in [-0.3, -0.25) is 9.55 Å². The molecule has 1 aliphatic carbocycles. The third kappa shape index (κ3) is 2.63. The Labute approximate surface area is 169 Å². The average molecular weight is 407 g/mol. The van der Waals surface area contributed by atoms with E-state index in [2.05, 4.69) is 20.2 Å². The predicted molar refractivity (Wildman–Crippen MR) is 103 cm³/mol. The maximum atomic E-state index is 13.6. The van der Waals surface area contributed by atoms with Gasteiger partial charge in [-0.1, -0.05) is 0 Å². The zero-order valence-electron chi connectivity index (χ0n) is 15.9. The van der Waals surface area contributed by atoms with Crippen molar-refractivity contribution in [1.82, 2.24) is 33.9 Å². The van der Waals surface area contributed by atoms with Gasteiger partial charge in [0.25, 0.3) is 0 Å². The van der Waals surface area contributed by atoms with Crippen molar-refractivity contribution in [3.63, 3.8) is 0 Å². The van der Waals surface area contributed by atoms with Gasteiger partial charge in [0.1, 0.15) is 29.6 Å². The Morgan fingerprint density at radius 1 is 1.23 bits per heavy atom. The molecule has 2 aliphatic rings. The van der Waals surface area contributed by atoms with Crippen LogP contribution < -0.4 is 10.4 Å². The number of halogens is 1. The number of hydrogen-bond donors (Lipinski definition) is 0. The van der Waals surface area contributed by atoms with E-state index in [9.17, 15) is 9.18 Å². The van der Waals surface area contributed by atoms with Crippen molar-refractivity contribution >= 4 is 5.52 Å². The van der Waals surface area contributed by atoms with Crippen molar-refractivity contribution in [1.29, 1.82) is 0 Å². The summed E-state index contributed by atoms with van der Waals surface area (Å²) in [6, 6.07) is 4.99. The minimum absolute atomic E-state index is 0.0171. The van der Waals surface area contributed by atoms with Crippen molar-refractivity contribution in [2.45, 2.75) is 43.9 Å². The van der Waals surface area contributed by atoms with Crippen LogP contribution >= 0.6 is 0 Å². The molecule has 0 N–H and O–H groups in total. The molecule has 0 amide bonds. The maximum absolute atomic E-state index is 13.6. The highest BCUT2D eigenvalue weighted by Gasteiger charge is 2.38. The highest BCUT2D eigenvalue weighted by molar-refractivity contribution is 5.55. The Hall–Kier alpha value is -3.56. The van der Waals surface area contributed by atoms with Gasteiger partial charge >= 0.3 is 5.69 Å². The molecule has 1 atom stereocenters. The summed E-state index contributed by atoms with van der Waals surface area (Å²) in [5.41, 5.74) is 1.35. The Morgan fingerprint density at radius 2 is 2.13 bits per heavy atom. The van der Waals surface area contributed by atoms with Crippen LogP contribution in [-0.2, 0) is 6.42 Å². The first-order valence-corrected chi connectivity index (χ1v) is 9.93. The molecule has 1 fully saturated rings. The molecule has 0 saturated heterocycles. The summed E-state index contributed by atoms with van der Waals surface area (Å²) in [5, 5.41) is 8.69. The lowest BCUT2D eigenvalue weighted by molar-refractivity contribution is 0.0593. The minimum atomic E-state index is -0.401. The first kappa shape index (κ1) is 17.3. The Bertz CT molecular complexity index is 1300. The lowest BCUT2D eigenvalue weighted by Crippen LogP contribution is -2.41. The van der Waals surface area contributed by atoms with Crippen LogP contribution in [0.2, 0.25) is 0 Å². The summed E-state index contributed by atoms with van der Waals surface area (Å²) in [5.74, 6) is 0.878. The molecule has 4 aromatic rings. The Balaban J connectivity index is 1.21. The molecule has 1 saturated carbocycles. The van der Waals surface area contributed by atoms with Crippen molar-refractivity contribution in [2.24, 2.45) is 0 Å². The van der Waals surface area contributed by atoms with E-state index in [1.165, 1.54) is 18.6 Å². The number of ether oxygens (including phenoxy) is 1. The molecule has 0 spiro atoms. The van der Waals surface area contributed by atoms with Crippen LogP contribution in [0.1, 0.15) is 42.7 Å². The molecular weight excluding hydrogens is 389 g/mol. The third-order valence-electron chi connectivity index (χ3n) is 5.96. The van der Waals surface area contributed by atoms with E-state index in [-0.39, 0.29) is 23.9 Å². The second-order valence-corrected chi connectivity index (χ2v) is 7.77. The molecule has 152 valence electrons. The maximum Gasteiger partial charge on any atom is 0.346 e. The molecule has 10 heteroatoms. The van der Waals surface area contributed by atoms with E-state index >= 15 is 0 Å². The Kier molecular flexibility index (Phi) is 3.74. The molecule has 6 rings (SSSR count). The molecular formula is C20H18FN7O2. The predicted octanol–water partition coefficient (Wildman–Crippen LogP) is 1.94. The molecule has 9 nitrogen and oxygen atoms in total. The van der Waals surface area contributed by atoms with Crippen molar-refractivity contribution in [2.75, 3.05) is 0 Å². The molecule has 4 aromatic heterocycles. The van der Waals surface area contributed by atoms with Crippen LogP contribution in [-0.4, -0.2) is 40.0 Å². The number of pyridine rings is 1. The summed E-state index contributed by atoms with van der Waals surface area (Å²) in [6.45, 7) is 0. The summed E-state index contributed by atoms with van der Waals surface area (Å²) in [4.78, 5) is 21.2. The zero-order valence-corrected chi connectivity index (χ0v) is 15.9. The second-order valence-electron chi connectivity index (χ2n) is 7.77. The molecule has 0 bridgehead atoms. The van der Waals surface area contributed by atoms with Gasteiger partial charge in [-0.25, -0.2) is 18.4 Å². The fraction of sp³-hybridized carbons (Fsp3) is 0.350. The minimum Gasteiger partial charge on any atom is -0.473 e. The van der Waals surface area contributed by atoms with Gasteiger partial charge in [0.15, 0.2) is 0 Å². The number of nitrogens with zero attached hydrogens (tertiary/aromatic N) is 7. The monoisotopic (exact) mass is 407 g/mol. The topological polar surface area (TPSA) is 92.1 Å². The standard InChI is InChI=1S/C20H18FN7O2/c21-13-6-12(9-22-10-13)16-3-4-18-25-28(20(29)27(16)18)14-7-15(8-14)30-19-17-2-1-5-26(17)24-11-23-19/h1-2,5-6,9-11,14-16H,3-4,7-8H2. The number of aromatic nitrogens is 7. The molecule has 1 aliphatic heterocycles. The van der Waals surface area contributed by atoms with E-state index in [4.69, 9.17) is 4.74 Å². The molecule has 5 heterocycles. The second kappa shape index (κ2) is 6.48. The van der Waals surface area contributed by atoms with Crippen LogP contribution in [0.5, 0.6) is 5.88 Å². The van der Waals surface area contributed by atoms with Crippen molar-refractivity contribution in [3.8, 4) is 5.88 Å². The first-order chi connectivity index (χ1) is 14.7. The smallest absolute Gasteiger partial charge is 0.346 e. The van der Waals surface area contributed by atoms with E-state index < -0.39 is 5.82 Å². The van der Waals surface area contributed by atoms with E-state index in [0.717, 1.165) is 17.8 Å². The van der Waals surface area contributed by atoms with Crippen LogP contribution in [0, 0.1) is 5.82 Å². The SMILES string of the molecule is O=c1n(C2CC(Oc3ncnn4cccc34)C2)nc2n1C(c1cncc(F)c1)CC2. The van der Waals surface area contributed by atoms with Gasteiger partial charge in [0, 0.05) is 31.7 Å². The van der Waals surface area contributed by atoms with Crippen molar-refractivity contribution in [3.05, 3.63) is 70.8 Å². The first-order valence-electron chi connectivity index (χ1n) is 9.93. The van der Waals surface area contributed by atoms with Gasteiger partial charge in [-0.2, -0.15) is 15.2 Å². The fourth-order valence-electron chi connectivity index (χ4n) is 4.40. The number of hydrogen-bond acceptors (Lipinski definition) is 6. The highest BCUT2D eigenvalue weighted by atomic mass is 19.1. The van der Waals surface area contributed by atoms with Gasteiger partial charge < -0.3 is 4.74 Å². The van der Waals surface area contributed by atoms with Gasteiger partial charge in [0.2, 0.25) is 5.88 Å². The van der Waals surface area contributed by atoms with Crippen LogP contribution in [0.4, 0.5) is 4.39 Å². The molecule has 0 radical (unpaired) electrons. The van der Waals surface area contributed by atoms with Crippen LogP contribution in [0.3, 0.4) is 0 Å². The molecule has 0 aromatic carbocycles. The normalized spacial score (nSPS) is 22.8. The van der Waals surface area contributed by atoms with Crippen LogP contribution in [0.15, 0.2) is 47.9 Å². The lowest BCUT2D eigenvalue weighted by Gasteiger charge is -2.34. The quantitative estimate of drug-likeness (QED) is 0.513.